The Bertz CT molecular complexity index is 413. The maximum Gasteiger partial charge on any atom is 0.417 e. The summed E-state index contributed by atoms with van der Waals surface area (Å²) in [6.07, 6.45) is -4.06. The second-order valence-corrected chi connectivity index (χ2v) is 4.37. The molecule has 0 unspecified atom stereocenters. The largest absolute Gasteiger partial charge is 0.496 e. The van der Waals surface area contributed by atoms with Gasteiger partial charge in [0.25, 0.3) is 0 Å². The molecule has 0 aromatic heterocycles. The van der Waals surface area contributed by atoms with Crippen LogP contribution in [0.3, 0.4) is 0 Å². The molecule has 0 spiro atoms. The van der Waals surface area contributed by atoms with E-state index in [1.165, 1.54) is 13.2 Å². The maximum absolute atomic E-state index is 13.2. The number of rotatable bonds is 4. The number of methoxy groups -OCH3 is 1. The van der Waals surface area contributed by atoms with E-state index in [2.05, 4.69) is 0 Å². The van der Waals surface area contributed by atoms with E-state index in [1.807, 2.05) is 0 Å². The van der Waals surface area contributed by atoms with E-state index < -0.39 is 11.7 Å². The van der Waals surface area contributed by atoms with Crippen LogP contribution in [0.5, 0.6) is 5.75 Å². The molecule has 102 valence electrons. The van der Waals surface area contributed by atoms with Gasteiger partial charge < -0.3 is 9.64 Å². The van der Waals surface area contributed by atoms with Gasteiger partial charge in [-0.2, -0.15) is 13.2 Å². The second kappa shape index (κ2) is 5.61. The topological polar surface area (TPSA) is 12.5 Å². The normalized spacial score (nSPS) is 12.0. The smallest absolute Gasteiger partial charge is 0.417 e. The van der Waals surface area contributed by atoms with Crippen LogP contribution in [0.15, 0.2) is 12.1 Å². The molecule has 18 heavy (non-hydrogen) atoms. The summed E-state index contributed by atoms with van der Waals surface area (Å²) in [4.78, 5) is 1.72. The van der Waals surface area contributed by atoms with Crippen molar-refractivity contribution in [2.45, 2.75) is 26.1 Å². The average Bonchev–Trinajstić information content (AvgIpc) is 2.25. The first-order chi connectivity index (χ1) is 8.31. The summed E-state index contributed by atoms with van der Waals surface area (Å²) < 4.78 is 44.6. The molecular formula is C13H18F3NO. The van der Waals surface area contributed by atoms with Crippen molar-refractivity contribution in [2.75, 3.05) is 21.2 Å². The van der Waals surface area contributed by atoms with Crippen LogP contribution in [0.4, 0.5) is 13.2 Å². The highest BCUT2D eigenvalue weighted by Crippen LogP contribution is 2.39. The van der Waals surface area contributed by atoms with Gasteiger partial charge in [0.15, 0.2) is 0 Å². The standard InChI is InChI=1S/C13H18F3NO/c1-5-10-11(18-4)7-6-9(8-17(2)3)12(10)13(14,15)16/h6-7H,5,8H2,1-4H3. The summed E-state index contributed by atoms with van der Waals surface area (Å²) in [6, 6.07) is 3.09. The van der Waals surface area contributed by atoms with Crippen molar-refractivity contribution in [3.63, 3.8) is 0 Å². The van der Waals surface area contributed by atoms with Crippen LogP contribution in [-0.2, 0) is 19.1 Å². The average molecular weight is 261 g/mol. The fourth-order valence-electron chi connectivity index (χ4n) is 2.05. The lowest BCUT2D eigenvalue weighted by Crippen LogP contribution is -2.19. The number of alkyl halides is 3. The Morgan fingerprint density at radius 3 is 2.22 bits per heavy atom. The van der Waals surface area contributed by atoms with Gasteiger partial charge in [-0.25, -0.2) is 0 Å². The van der Waals surface area contributed by atoms with Crippen LogP contribution >= 0.6 is 0 Å². The molecule has 0 bridgehead atoms. The number of hydrogen-bond donors (Lipinski definition) is 0. The van der Waals surface area contributed by atoms with E-state index in [9.17, 15) is 13.2 Å². The lowest BCUT2D eigenvalue weighted by atomic mass is 9.97. The number of hydrogen-bond acceptors (Lipinski definition) is 2. The van der Waals surface area contributed by atoms with E-state index in [4.69, 9.17) is 4.74 Å². The van der Waals surface area contributed by atoms with Gasteiger partial charge in [-0.15, -0.1) is 0 Å². The predicted molar refractivity (Wildman–Crippen MR) is 64.8 cm³/mol. The molecule has 0 radical (unpaired) electrons. The molecule has 0 aliphatic heterocycles. The molecule has 0 fully saturated rings. The Balaban J connectivity index is 3.44. The zero-order valence-electron chi connectivity index (χ0n) is 11.1. The quantitative estimate of drug-likeness (QED) is 0.824. The second-order valence-electron chi connectivity index (χ2n) is 4.37. The molecule has 1 aromatic rings. The number of halogens is 3. The molecule has 0 saturated heterocycles. The molecule has 5 heteroatoms. The minimum absolute atomic E-state index is 0.226. The minimum Gasteiger partial charge on any atom is -0.496 e. The molecule has 0 aliphatic rings. The molecule has 1 aromatic carbocycles. The van der Waals surface area contributed by atoms with Crippen LogP contribution in [-0.4, -0.2) is 26.1 Å². The zero-order chi connectivity index (χ0) is 13.9. The minimum atomic E-state index is -4.36. The molecule has 0 amide bonds. The van der Waals surface area contributed by atoms with Gasteiger partial charge in [0.05, 0.1) is 12.7 Å². The Morgan fingerprint density at radius 2 is 1.83 bits per heavy atom. The van der Waals surface area contributed by atoms with Crippen LogP contribution in [0.1, 0.15) is 23.6 Å². The van der Waals surface area contributed by atoms with Crippen molar-refractivity contribution < 1.29 is 17.9 Å². The van der Waals surface area contributed by atoms with Crippen molar-refractivity contribution in [2.24, 2.45) is 0 Å². The Morgan fingerprint density at radius 1 is 1.22 bits per heavy atom. The van der Waals surface area contributed by atoms with Gasteiger partial charge in [-0.1, -0.05) is 13.0 Å². The van der Waals surface area contributed by atoms with E-state index >= 15 is 0 Å². The first kappa shape index (κ1) is 14.8. The molecule has 0 aliphatic carbocycles. The van der Waals surface area contributed by atoms with Crippen molar-refractivity contribution in [3.05, 3.63) is 28.8 Å². The van der Waals surface area contributed by atoms with Gasteiger partial charge in [0, 0.05) is 12.1 Å². The summed E-state index contributed by atoms with van der Waals surface area (Å²) in [5, 5.41) is 0. The Labute approximate surface area is 105 Å². The predicted octanol–water partition coefficient (Wildman–Crippen LogP) is 3.34. The van der Waals surface area contributed by atoms with Crippen LogP contribution < -0.4 is 4.74 Å². The summed E-state index contributed by atoms with van der Waals surface area (Å²) in [5.41, 5.74) is -0.0486. The first-order valence-corrected chi connectivity index (χ1v) is 5.71. The molecule has 1 rings (SSSR count). The van der Waals surface area contributed by atoms with Crippen LogP contribution in [0.2, 0.25) is 0 Å². The lowest BCUT2D eigenvalue weighted by molar-refractivity contribution is -0.139. The number of ether oxygens (including phenoxy) is 1. The monoisotopic (exact) mass is 261 g/mol. The van der Waals surface area contributed by atoms with Crippen molar-refractivity contribution in [1.82, 2.24) is 4.90 Å². The third kappa shape index (κ3) is 3.16. The van der Waals surface area contributed by atoms with Gasteiger partial charge in [-0.05, 0) is 32.1 Å². The third-order valence-corrected chi connectivity index (χ3v) is 2.70. The molecule has 0 heterocycles. The van der Waals surface area contributed by atoms with E-state index in [0.717, 1.165) is 0 Å². The summed E-state index contributed by atoms with van der Waals surface area (Å²) in [6.45, 7) is 1.96. The summed E-state index contributed by atoms with van der Waals surface area (Å²) in [7, 11) is 4.88. The van der Waals surface area contributed by atoms with E-state index in [-0.39, 0.29) is 17.7 Å². The molecule has 0 saturated carbocycles. The van der Waals surface area contributed by atoms with E-state index in [0.29, 0.717) is 12.2 Å². The molecule has 0 atom stereocenters. The van der Waals surface area contributed by atoms with Crippen LogP contribution in [0, 0.1) is 0 Å². The van der Waals surface area contributed by atoms with Gasteiger partial charge in [-0.3, -0.25) is 0 Å². The van der Waals surface area contributed by atoms with Crippen molar-refractivity contribution in [1.29, 1.82) is 0 Å². The van der Waals surface area contributed by atoms with Crippen molar-refractivity contribution >= 4 is 0 Å². The first-order valence-electron chi connectivity index (χ1n) is 5.71. The van der Waals surface area contributed by atoms with Gasteiger partial charge in [0.2, 0.25) is 0 Å². The summed E-state index contributed by atoms with van der Waals surface area (Å²) in [5.74, 6) is 0.298. The van der Waals surface area contributed by atoms with E-state index in [1.54, 1.807) is 32.0 Å². The molecule has 2 nitrogen and oxygen atoms in total. The SMILES string of the molecule is CCc1c(OC)ccc(CN(C)C)c1C(F)(F)F. The number of benzene rings is 1. The highest BCUT2D eigenvalue weighted by atomic mass is 19.4. The Kier molecular flexibility index (Phi) is 4.62. The number of nitrogens with zero attached hydrogens (tertiary/aromatic N) is 1. The fourth-order valence-corrected chi connectivity index (χ4v) is 2.05. The fraction of sp³-hybridized carbons (Fsp3) is 0.538. The zero-order valence-corrected chi connectivity index (χ0v) is 11.1. The van der Waals surface area contributed by atoms with Gasteiger partial charge >= 0.3 is 6.18 Å². The third-order valence-electron chi connectivity index (χ3n) is 2.70. The summed E-state index contributed by atoms with van der Waals surface area (Å²) >= 11 is 0. The Hall–Kier alpha value is -1.23. The molecular weight excluding hydrogens is 243 g/mol. The highest BCUT2D eigenvalue weighted by molar-refractivity contribution is 5.47. The van der Waals surface area contributed by atoms with Crippen molar-refractivity contribution in [3.8, 4) is 5.75 Å². The maximum atomic E-state index is 13.2. The lowest BCUT2D eigenvalue weighted by Gasteiger charge is -2.21. The van der Waals surface area contributed by atoms with Gasteiger partial charge in [0.1, 0.15) is 5.75 Å². The van der Waals surface area contributed by atoms with Crippen LogP contribution in [0.25, 0.3) is 0 Å². The highest BCUT2D eigenvalue weighted by Gasteiger charge is 2.36. The molecule has 0 N–H and O–H groups in total.